The van der Waals surface area contributed by atoms with Crippen molar-refractivity contribution in [3.05, 3.63) is 0 Å². The molecule has 1 unspecified atom stereocenters. The molecule has 1 aliphatic rings. The van der Waals surface area contributed by atoms with Gasteiger partial charge in [-0.15, -0.1) is 0 Å². The SMILES string of the molecule is CC(C)CC(NS(C)(=O)=O)C(=O)NCC1CCC(O)CC1. The van der Waals surface area contributed by atoms with Gasteiger partial charge in [-0.3, -0.25) is 4.79 Å². The van der Waals surface area contributed by atoms with Crippen LogP contribution in [0.1, 0.15) is 46.0 Å². The first-order chi connectivity index (χ1) is 9.67. The summed E-state index contributed by atoms with van der Waals surface area (Å²) >= 11 is 0. The van der Waals surface area contributed by atoms with Crippen molar-refractivity contribution in [2.24, 2.45) is 11.8 Å². The maximum atomic E-state index is 12.2. The predicted molar refractivity (Wildman–Crippen MR) is 82.2 cm³/mol. The monoisotopic (exact) mass is 320 g/mol. The van der Waals surface area contributed by atoms with Crippen LogP contribution in [0.25, 0.3) is 0 Å². The van der Waals surface area contributed by atoms with Crippen LogP contribution in [-0.4, -0.2) is 44.4 Å². The summed E-state index contributed by atoms with van der Waals surface area (Å²) in [5, 5.41) is 12.3. The minimum Gasteiger partial charge on any atom is -0.393 e. The van der Waals surface area contributed by atoms with Gasteiger partial charge in [0.05, 0.1) is 12.4 Å². The molecule has 1 atom stereocenters. The highest BCUT2D eigenvalue weighted by Crippen LogP contribution is 2.23. The smallest absolute Gasteiger partial charge is 0.238 e. The van der Waals surface area contributed by atoms with E-state index in [4.69, 9.17) is 0 Å². The van der Waals surface area contributed by atoms with Crippen molar-refractivity contribution in [2.75, 3.05) is 12.8 Å². The molecule has 0 spiro atoms. The fourth-order valence-corrected chi connectivity index (χ4v) is 3.38. The molecule has 124 valence electrons. The summed E-state index contributed by atoms with van der Waals surface area (Å²) in [5.74, 6) is 0.329. The van der Waals surface area contributed by atoms with Crippen LogP contribution in [0.2, 0.25) is 0 Å². The second-order valence-corrected chi connectivity index (χ2v) is 8.27. The van der Waals surface area contributed by atoms with Gasteiger partial charge in [0.1, 0.15) is 6.04 Å². The molecule has 1 saturated carbocycles. The number of sulfonamides is 1. The zero-order valence-corrected chi connectivity index (χ0v) is 13.9. The van der Waals surface area contributed by atoms with Gasteiger partial charge >= 0.3 is 0 Å². The maximum Gasteiger partial charge on any atom is 0.238 e. The topological polar surface area (TPSA) is 95.5 Å². The zero-order valence-electron chi connectivity index (χ0n) is 13.1. The fourth-order valence-electron chi connectivity index (χ4n) is 2.66. The summed E-state index contributed by atoms with van der Waals surface area (Å²) in [4.78, 5) is 12.2. The second-order valence-electron chi connectivity index (χ2n) is 6.49. The molecule has 0 aromatic heterocycles. The lowest BCUT2D eigenvalue weighted by molar-refractivity contribution is -0.123. The summed E-state index contributed by atoms with van der Waals surface area (Å²) in [6.45, 7) is 4.45. The molecular formula is C14H28N2O4S. The molecule has 1 rings (SSSR count). The van der Waals surface area contributed by atoms with Crippen LogP contribution in [0.15, 0.2) is 0 Å². The number of aliphatic hydroxyl groups excluding tert-OH is 1. The summed E-state index contributed by atoms with van der Waals surface area (Å²) < 4.78 is 25.1. The molecule has 0 heterocycles. The first-order valence-electron chi connectivity index (χ1n) is 7.60. The molecule has 3 N–H and O–H groups in total. The molecule has 0 aromatic rings. The number of hydrogen-bond acceptors (Lipinski definition) is 4. The van der Waals surface area contributed by atoms with Crippen LogP contribution in [0.3, 0.4) is 0 Å². The minimum absolute atomic E-state index is 0.211. The predicted octanol–water partition coefficient (Wildman–Crippen LogP) is 0.618. The van der Waals surface area contributed by atoms with Gasteiger partial charge in [0.2, 0.25) is 15.9 Å². The van der Waals surface area contributed by atoms with E-state index in [-0.39, 0.29) is 17.9 Å². The van der Waals surface area contributed by atoms with Crippen LogP contribution in [0, 0.1) is 11.8 Å². The molecular weight excluding hydrogens is 292 g/mol. The zero-order chi connectivity index (χ0) is 16.0. The number of rotatable bonds is 7. The molecule has 1 amide bonds. The van der Waals surface area contributed by atoms with Gasteiger partial charge < -0.3 is 10.4 Å². The number of aliphatic hydroxyl groups is 1. The van der Waals surface area contributed by atoms with Crippen molar-refractivity contribution < 1.29 is 18.3 Å². The fraction of sp³-hybridized carbons (Fsp3) is 0.929. The Labute approximate surface area is 127 Å². The van der Waals surface area contributed by atoms with Crippen LogP contribution in [-0.2, 0) is 14.8 Å². The van der Waals surface area contributed by atoms with E-state index in [1.165, 1.54) is 0 Å². The van der Waals surface area contributed by atoms with Gasteiger partial charge in [-0.1, -0.05) is 13.8 Å². The minimum atomic E-state index is -3.41. The molecule has 0 radical (unpaired) electrons. The van der Waals surface area contributed by atoms with Gasteiger partial charge in [0.15, 0.2) is 0 Å². The second kappa shape index (κ2) is 8.10. The van der Waals surface area contributed by atoms with Crippen molar-refractivity contribution in [1.29, 1.82) is 0 Å². The van der Waals surface area contributed by atoms with E-state index >= 15 is 0 Å². The van der Waals surface area contributed by atoms with Crippen LogP contribution < -0.4 is 10.0 Å². The normalized spacial score (nSPS) is 24.8. The molecule has 1 aliphatic carbocycles. The Balaban J connectivity index is 2.48. The van der Waals surface area contributed by atoms with Crippen molar-refractivity contribution in [3.63, 3.8) is 0 Å². The van der Waals surface area contributed by atoms with Gasteiger partial charge in [-0.2, -0.15) is 0 Å². The molecule has 21 heavy (non-hydrogen) atoms. The number of carbonyl (C=O) groups excluding carboxylic acids is 1. The van der Waals surface area contributed by atoms with E-state index in [2.05, 4.69) is 10.0 Å². The Hall–Kier alpha value is -0.660. The Bertz CT molecular complexity index is 428. The highest BCUT2D eigenvalue weighted by atomic mass is 32.2. The average molecular weight is 320 g/mol. The number of nitrogens with one attached hydrogen (secondary N) is 2. The Morgan fingerprint density at radius 3 is 2.29 bits per heavy atom. The number of carbonyl (C=O) groups is 1. The van der Waals surface area contributed by atoms with Crippen LogP contribution in [0.5, 0.6) is 0 Å². The van der Waals surface area contributed by atoms with E-state index in [1.807, 2.05) is 13.8 Å². The molecule has 1 fully saturated rings. The molecule has 7 heteroatoms. The molecule has 0 aromatic carbocycles. The van der Waals surface area contributed by atoms with Crippen molar-refractivity contribution >= 4 is 15.9 Å². The highest BCUT2D eigenvalue weighted by molar-refractivity contribution is 7.88. The third-order valence-corrected chi connectivity index (χ3v) is 4.47. The van der Waals surface area contributed by atoms with Gasteiger partial charge in [0.25, 0.3) is 0 Å². The van der Waals surface area contributed by atoms with Crippen molar-refractivity contribution in [2.45, 2.75) is 58.1 Å². The molecule has 0 aliphatic heterocycles. The van der Waals surface area contributed by atoms with Gasteiger partial charge in [0, 0.05) is 6.54 Å². The average Bonchev–Trinajstić information content (AvgIpc) is 2.34. The van der Waals surface area contributed by atoms with E-state index in [0.29, 0.717) is 18.9 Å². The first kappa shape index (κ1) is 18.4. The van der Waals surface area contributed by atoms with E-state index in [9.17, 15) is 18.3 Å². The van der Waals surface area contributed by atoms with E-state index < -0.39 is 16.1 Å². The summed E-state index contributed by atoms with van der Waals surface area (Å²) in [6.07, 6.45) is 4.68. The lowest BCUT2D eigenvalue weighted by Gasteiger charge is -2.26. The molecule has 0 saturated heterocycles. The lowest BCUT2D eigenvalue weighted by Crippen LogP contribution is -2.48. The quantitative estimate of drug-likeness (QED) is 0.641. The number of amides is 1. The number of hydrogen-bond donors (Lipinski definition) is 3. The van der Waals surface area contributed by atoms with Gasteiger partial charge in [-0.05, 0) is 43.9 Å². The third-order valence-electron chi connectivity index (χ3n) is 3.76. The Morgan fingerprint density at radius 1 is 1.24 bits per heavy atom. The van der Waals surface area contributed by atoms with Crippen LogP contribution in [0.4, 0.5) is 0 Å². The lowest BCUT2D eigenvalue weighted by atomic mass is 9.87. The third kappa shape index (κ3) is 7.78. The summed E-state index contributed by atoms with van der Waals surface area (Å²) in [7, 11) is -3.41. The first-order valence-corrected chi connectivity index (χ1v) is 9.49. The largest absolute Gasteiger partial charge is 0.393 e. The van der Waals surface area contributed by atoms with Crippen molar-refractivity contribution in [1.82, 2.24) is 10.0 Å². The van der Waals surface area contributed by atoms with Crippen molar-refractivity contribution in [3.8, 4) is 0 Å². The summed E-state index contributed by atoms with van der Waals surface area (Å²) in [5.41, 5.74) is 0. The Morgan fingerprint density at radius 2 is 1.81 bits per heavy atom. The maximum absolute atomic E-state index is 12.2. The van der Waals surface area contributed by atoms with E-state index in [0.717, 1.165) is 31.9 Å². The van der Waals surface area contributed by atoms with Crippen LogP contribution >= 0.6 is 0 Å². The standard InChI is InChI=1S/C14H28N2O4S/c1-10(2)8-13(16-21(3,19)20)14(18)15-9-11-4-6-12(17)7-5-11/h10-13,16-17H,4-9H2,1-3H3,(H,15,18). The van der Waals surface area contributed by atoms with E-state index in [1.54, 1.807) is 0 Å². The molecule has 6 nitrogen and oxygen atoms in total. The Kier molecular flexibility index (Phi) is 7.09. The van der Waals surface area contributed by atoms with Gasteiger partial charge in [-0.25, -0.2) is 13.1 Å². The molecule has 0 bridgehead atoms. The summed E-state index contributed by atoms with van der Waals surface area (Å²) in [6, 6.07) is -0.714. The highest BCUT2D eigenvalue weighted by Gasteiger charge is 2.25.